The van der Waals surface area contributed by atoms with Gasteiger partial charge in [0, 0.05) is 11.6 Å². The number of hydrogen-bond acceptors (Lipinski definition) is 1. The zero-order valence-electron chi connectivity index (χ0n) is 12.0. The summed E-state index contributed by atoms with van der Waals surface area (Å²) in [7, 11) is 0. The molecule has 2 heteroatoms. The van der Waals surface area contributed by atoms with Crippen LogP contribution < -0.4 is 5.32 Å². The monoisotopic (exact) mass is 259 g/mol. The molecule has 2 nitrogen and oxygen atoms in total. The molecule has 1 aliphatic carbocycles. The van der Waals surface area contributed by atoms with Gasteiger partial charge in [0.05, 0.1) is 0 Å². The second-order valence-electron chi connectivity index (χ2n) is 5.61. The molecule has 19 heavy (non-hydrogen) atoms. The van der Waals surface area contributed by atoms with E-state index >= 15 is 0 Å². The maximum Gasteiger partial charge on any atom is 0.251 e. The largest absolute Gasteiger partial charge is 0.349 e. The van der Waals surface area contributed by atoms with Gasteiger partial charge in [0.15, 0.2) is 0 Å². The van der Waals surface area contributed by atoms with Crippen LogP contribution in [0.1, 0.15) is 67.8 Å². The first-order valence-corrected chi connectivity index (χ1v) is 7.69. The SMILES string of the molecule is CCCCCc1ccc(C(=O)NC2CCCC2)cc1. The normalized spacial score (nSPS) is 15.6. The Balaban J connectivity index is 1.84. The topological polar surface area (TPSA) is 29.1 Å². The molecule has 1 aliphatic rings. The van der Waals surface area contributed by atoms with Gasteiger partial charge < -0.3 is 5.32 Å². The third-order valence-corrected chi connectivity index (χ3v) is 3.98. The molecule has 0 heterocycles. The highest BCUT2D eigenvalue weighted by atomic mass is 16.1. The molecule has 0 atom stereocenters. The number of hydrogen-bond donors (Lipinski definition) is 1. The molecule has 0 saturated heterocycles. The highest BCUT2D eigenvalue weighted by Gasteiger charge is 2.17. The molecule has 0 radical (unpaired) electrons. The molecule has 0 spiro atoms. The lowest BCUT2D eigenvalue weighted by Crippen LogP contribution is -2.32. The van der Waals surface area contributed by atoms with E-state index in [2.05, 4.69) is 24.4 Å². The molecule has 0 unspecified atom stereocenters. The Labute approximate surface area is 116 Å². The van der Waals surface area contributed by atoms with Crippen molar-refractivity contribution in [3.05, 3.63) is 35.4 Å². The fraction of sp³-hybridized carbons (Fsp3) is 0.588. The van der Waals surface area contributed by atoms with E-state index in [-0.39, 0.29) is 5.91 Å². The standard InChI is InChI=1S/C17H25NO/c1-2-3-4-7-14-10-12-15(13-11-14)17(19)18-16-8-5-6-9-16/h10-13,16H,2-9H2,1H3,(H,18,19). The van der Waals surface area contributed by atoms with E-state index in [1.165, 1.54) is 37.7 Å². The second kappa shape index (κ2) is 7.32. The first kappa shape index (κ1) is 14.1. The molecule has 1 saturated carbocycles. The predicted molar refractivity (Wildman–Crippen MR) is 79.4 cm³/mol. The quantitative estimate of drug-likeness (QED) is 0.766. The number of rotatable bonds is 6. The highest BCUT2D eigenvalue weighted by Crippen LogP contribution is 2.18. The summed E-state index contributed by atoms with van der Waals surface area (Å²) in [5.41, 5.74) is 2.14. The van der Waals surface area contributed by atoms with E-state index in [9.17, 15) is 4.79 Å². The Bertz CT molecular complexity index is 390. The van der Waals surface area contributed by atoms with Gasteiger partial charge in [-0.25, -0.2) is 0 Å². The summed E-state index contributed by atoms with van der Waals surface area (Å²) in [6, 6.07) is 8.52. The van der Waals surface area contributed by atoms with Crippen LogP contribution in [0.4, 0.5) is 0 Å². The summed E-state index contributed by atoms with van der Waals surface area (Å²) in [6.45, 7) is 2.22. The van der Waals surface area contributed by atoms with E-state index in [4.69, 9.17) is 0 Å². The van der Waals surface area contributed by atoms with Crippen molar-refractivity contribution in [2.24, 2.45) is 0 Å². The lowest BCUT2D eigenvalue weighted by atomic mass is 10.0. The van der Waals surface area contributed by atoms with Crippen LogP contribution in [0.15, 0.2) is 24.3 Å². The summed E-state index contributed by atoms with van der Waals surface area (Å²) in [5, 5.41) is 3.13. The molecular weight excluding hydrogens is 234 g/mol. The Morgan fingerprint density at radius 3 is 2.47 bits per heavy atom. The van der Waals surface area contributed by atoms with Crippen molar-refractivity contribution in [3.63, 3.8) is 0 Å². The predicted octanol–water partition coefficient (Wildman–Crippen LogP) is 4.09. The van der Waals surface area contributed by atoms with Gasteiger partial charge in [-0.05, 0) is 43.4 Å². The first-order chi connectivity index (χ1) is 9.29. The fourth-order valence-electron chi connectivity index (χ4n) is 2.74. The molecule has 0 bridgehead atoms. The van der Waals surface area contributed by atoms with Gasteiger partial charge in [-0.1, -0.05) is 44.7 Å². The molecule has 1 amide bonds. The summed E-state index contributed by atoms with van der Waals surface area (Å²) in [5.74, 6) is 0.0898. The highest BCUT2D eigenvalue weighted by molar-refractivity contribution is 5.94. The van der Waals surface area contributed by atoms with Crippen LogP contribution in [-0.2, 0) is 6.42 Å². The summed E-state index contributed by atoms with van der Waals surface area (Å²) in [6.07, 6.45) is 9.68. The van der Waals surface area contributed by atoms with Crippen LogP contribution in [0.25, 0.3) is 0 Å². The van der Waals surface area contributed by atoms with Gasteiger partial charge in [0.1, 0.15) is 0 Å². The number of nitrogens with one attached hydrogen (secondary N) is 1. The van der Waals surface area contributed by atoms with E-state index < -0.39 is 0 Å². The number of unbranched alkanes of at least 4 members (excludes halogenated alkanes) is 2. The number of amides is 1. The Kier molecular flexibility index (Phi) is 5.44. The minimum absolute atomic E-state index is 0.0898. The average molecular weight is 259 g/mol. The molecule has 0 aromatic heterocycles. The smallest absolute Gasteiger partial charge is 0.251 e. The van der Waals surface area contributed by atoms with Crippen molar-refractivity contribution in [2.45, 2.75) is 64.3 Å². The fourth-order valence-corrected chi connectivity index (χ4v) is 2.74. The minimum Gasteiger partial charge on any atom is -0.349 e. The van der Waals surface area contributed by atoms with Crippen molar-refractivity contribution in [1.82, 2.24) is 5.32 Å². The van der Waals surface area contributed by atoms with Crippen LogP contribution in [0.2, 0.25) is 0 Å². The van der Waals surface area contributed by atoms with Gasteiger partial charge in [-0.3, -0.25) is 4.79 Å². The molecule has 2 rings (SSSR count). The lowest BCUT2D eigenvalue weighted by molar-refractivity contribution is 0.0938. The van der Waals surface area contributed by atoms with Gasteiger partial charge in [-0.15, -0.1) is 0 Å². The van der Waals surface area contributed by atoms with E-state index in [0.717, 1.165) is 24.8 Å². The van der Waals surface area contributed by atoms with Crippen molar-refractivity contribution >= 4 is 5.91 Å². The molecule has 104 valence electrons. The lowest BCUT2D eigenvalue weighted by Gasteiger charge is -2.12. The Morgan fingerprint density at radius 2 is 1.84 bits per heavy atom. The molecule has 1 aromatic rings. The molecule has 0 aliphatic heterocycles. The van der Waals surface area contributed by atoms with Gasteiger partial charge in [0.2, 0.25) is 0 Å². The maximum absolute atomic E-state index is 12.1. The molecular formula is C17H25NO. The Morgan fingerprint density at radius 1 is 1.16 bits per heavy atom. The molecule has 1 fully saturated rings. The second-order valence-corrected chi connectivity index (χ2v) is 5.61. The first-order valence-electron chi connectivity index (χ1n) is 7.69. The summed E-state index contributed by atoms with van der Waals surface area (Å²) < 4.78 is 0. The van der Waals surface area contributed by atoms with Crippen LogP contribution in [0.5, 0.6) is 0 Å². The summed E-state index contributed by atoms with van der Waals surface area (Å²) >= 11 is 0. The van der Waals surface area contributed by atoms with Crippen molar-refractivity contribution in [3.8, 4) is 0 Å². The summed E-state index contributed by atoms with van der Waals surface area (Å²) in [4.78, 5) is 12.1. The molecule has 1 aromatic carbocycles. The van der Waals surface area contributed by atoms with Crippen molar-refractivity contribution in [2.75, 3.05) is 0 Å². The van der Waals surface area contributed by atoms with E-state index in [1.807, 2.05) is 12.1 Å². The van der Waals surface area contributed by atoms with Crippen LogP contribution in [0.3, 0.4) is 0 Å². The zero-order valence-corrected chi connectivity index (χ0v) is 12.0. The van der Waals surface area contributed by atoms with Gasteiger partial charge in [-0.2, -0.15) is 0 Å². The van der Waals surface area contributed by atoms with Gasteiger partial charge in [0.25, 0.3) is 5.91 Å². The minimum atomic E-state index is 0.0898. The van der Waals surface area contributed by atoms with E-state index in [0.29, 0.717) is 6.04 Å². The Hall–Kier alpha value is -1.31. The van der Waals surface area contributed by atoms with Crippen LogP contribution in [-0.4, -0.2) is 11.9 Å². The van der Waals surface area contributed by atoms with Gasteiger partial charge >= 0.3 is 0 Å². The maximum atomic E-state index is 12.1. The zero-order chi connectivity index (χ0) is 13.5. The van der Waals surface area contributed by atoms with Crippen molar-refractivity contribution < 1.29 is 4.79 Å². The number of benzene rings is 1. The van der Waals surface area contributed by atoms with Crippen LogP contribution in [0, 0.1) is 0 Å². The average Bonchev–Trinajstić information content (AvgIpc) is 2.93. The van der Waals surface area contributed by atoms with Crippen molar-refractivity contribution in [1.29, 1.82) is 0 Å². The van der Waals surface area contributed by atoms with E-state index in [1.54, 1.807) is 0 Å². The third-order valence-electron chi connectivity index (χ3n) is 3.98. The van der Waals surface area contributed by atoms with Crippen LogP contribution >= 0.6 is 0 Å². The number of carbonyl (C=O) groups excluding carboxylic acids is 1. The number of aryl methyl sites for hydroxylation is 1. The number of carbonyl (C=O) groups is 1. The third kappa shape index (κ3) is 4.38. The molecule has 1 N–H and O–H groups in total.